The largest absolute Gasteiger partial charge is 0.357 e. The summed E-state index contributed by atoms with van der Waals surface area (Å²) in [6.07, 6.45) is 3.50. The lowest BCUT2D eigenvalue weighted by atomic mass is 10.3. The number of hydrogen-bond donors (Lipinski definition) is 1. The van der Waals surface area contributed by atoms with Crippen LogP contribution in [0, 0.1) is 0 Å². The SMILES string of the molecule is c1ccc(-c2noc(-c3ccc[nH]3)n2)nc1. The molecule has 0 saturated carbocycles. The lowest BCUT2D eigenvalue weighted by Gasteiger charge is -1.89. The minimum atomic E-state index is 0.464. The van der Waals surface area contributed by atoms with Crippen molar-refractivity contribution in [2.75, 3.05) is 0 Å². The molecule has 0 saturated heterocycles. The molecule has 0 aliphatic heterocycles. The van der Waals surface area contributed by atoms with E-state index in [1.165, 1.54) is 0 Å². The van der Waals surface area contributed by atoms with E-state index in [4.69, 9.17) is 4.52 Å². The van der Waals surface area contributed by atoms with Gasteiger partial charge >= 0.3 is 0 Å². The Morgan fingerprint density at radius 3 is 2.88 bits per heavy atom. The van der Waals surface area contributed by atoms with Gasteiger partial charge in [-0.1, -0.05) is 11.2 Å². The van der Waals surface area contributed by atoms with Crippen LogP contribution in [0.2, 0.25) is 0 Å². The molecule has 0 unspecified atom stereocenters. The van der Waals surface area contributed by atoms with Crippen molar-refractivity contribution in [3.63, 3.8) is 0 Å². The van der Waals surface area contributed by atoms with Crippen molar-refractivity contribution in [3.05, 3.63) is 42.7 Å². The highest BCUT2D eigenvalue weighted by Crippen LogP contribution is 2.18. The van der Waals surface area contributed by atoms with Crippen molar-refractivity contribution >= 4 is 0 Å². The second-order valence-electron chi connectivity index (χ2n) is 3.22. The first-order valence-corrected chi connectivity index (χ1v) is 4.82. The van der Waals surface area contributed by atoms with Crippen molar-refractivity contribution in [1.29, 1.82) is 0 Å². The van der Waals surface area contributed by atoms with Gasteiger partial charge in [-0.25, -0.2) is 0 Å². The molecule has 78 valence electrons. The molecular weight excluding hydrogens is 204 g/mol. The molecule has 3 rings (SSSR count). The van der Waals surface area contributed by atoms with Crippen molar-refractivity contribution < 1.29 is 4.52 Å². The summed E-state index contributed by atoms with van der Waals surface area (Å²) in [7, 11) is 0. The Labute approximate surface area is 91.2 Å². The molecule has 0 fully saturated rings. The molecule has 0 amide bonds. The monoisotopic (exact) mass is 212 g/mol. The fourth-order valence-electron chi connectivity index (χ4n) is 1.40. The molecule has 3 aromatic rings. The number of hydrogen-bond acceptors (Lipinski definition) is 4. The molecule has 3 aromatic heterocycles. The fourth-order valence-corrected chi connectivity index (χ4v) is 1.40. The molecule has 0 aliphatic carbocycles. The zero-order valence-electron chi connectivity index (χ0n) is 8.29. The molecule has 0 aliphatic rings. The average Bonchev–Trinajstić information content (AvgIpc) is 3.01. The van der Waals surface area contributed by atoms with Crippen LogP contribution in [0.15, 0.2) is 47.2 Å². The number of aromatic nitrogens is 4. The second kappa shape index (κ2) is 3.62. The Morgan fingerprint density at radius 2 is 2.12 bits per heavy atom. The molecule has 5 heteroatoms. The third-order valence-corrected chi connectivity index (χ3v) is 2.15. The van der Waals surface area contributed by atoms with Crippen LogP contribution in [0.3, 0.4) is 0 Å². The Morgan fingerprint density at radius 1 is 1.12 bits per heavy atom. The first-order valence-electron chi connectivity index (χ1n) is 4.82. The maximum absolute atomic E-state index is 5.13. The Bertz CT molecular complexity index is 571. The van der Waals surface area contributed by atoms with Crippen molar-refractivity contribution in [2.45, 2.75) is 0 Å². The van der Waals surface area contributed by atoms with Crippen LogP contribution < -0.4 is 0 Å². The minimum Gasteiger partial charge on any atom is -0.357 e. The van der Waals surface area contributed by atoms with E-state index in [0.29, 0.717) is 17.4 Å². The van der Waals surface area contributed by atoms with E-state index in [-0.39, 0.29) is 0 Å². The Kier molecular flexibility index (Phi) is 2.00. The summed E-state index contributed by atoms with van der Waals surface area (Å²) in [5.41, 5.74) is 1.50. The van der Waals surface area contributed by atoms with Gasteiger partial charge in [-0.2, -0.15) is 4.98 Å². The summed E-state index contributed by atoms with van der Waals surface area (Å²) in [4.78, 5) is 11.4. The fraction of sp³-hybridized carbons (Fsp3) is 0. The van der Waals surface area contributed by atoms with Gasteiger partial charge in [0, 0.05) is 12.4 Å². The summed E-state index contributed by atoms with van der Waals surface area (Å²) in [6, 6.07) is 9.31. The van der Waals surface area contributed by atoms with Gasteiger partial charge in [0.2, 0.25) is 5.82 Å². The maximum Gasteiger partial charge on any atom is 0.274 e. The van der Waals surface area contributed by atoms with Gasteiger partial charge < -0.3 is 9.51 Å². The number of H-pyrrole nitrogens is 1. The summed E-state index contributed by atoms with van der Waals surface area (Å²) >= 11 is 0. The molecule has 0 bridgehead atoms. The van der Waals surface area contributed by atoms with Crippen LogP contribution in [0.1, 0.15) is 0 Å². The molecule has 0 aromatic carbocycles. The topological polar surface area (TPSA) is 67.6 Å². The van der Waals surface area contributed by atoms with E-state index in [2.05, 4.69) is 20.1 Å². The van der Waals surface area contributed by atoms with Crippen LogP contribution >= 0.6 is 0 Å². The summed E-state index contributed by atoms with van der Waals surface area (Å²) < 4.78 is 5.13. The number of aromatic amines is 1. The summed E-state index contributed by atoms with van der Waals surface area (Å²) in [5, 5.41) is 3.87. The highest BCUT2D eigenvalue weighted by molar-refractivity contribution is 5.53. The van der Waals surface area contributed by atoms with Gasteiger partial charge in [-0.3, -0.25) is 4.98 Å². The van der Waals surface area contributed by atoms with Gasteiger partial charge in [0.15, 0.2) is 0 Å². The molecule has 1 N–H and O–H groups in total. The normalized spacial score (nSPS) is 10.5. The van der Waals surface area contributed by atoms with E-state index in [9.17, 15) is 0 Å². The van der Waals surface area contributed by atoms with E-state index >= 15 is 0 Å². The standard InChI is InChI=1S/C11H8N4O/c1-2-6-12-8(4-1)10-14-11(16-15-10)9-5-3-7-13-9/h1-7,13H. The second-order valence-corrected chi connectivity index (χ2v) is 3.22. The quantitative estimate of drug-likeness (QED) is 0.706. The highest BCUT2D eigenvalue weighted by atomic mass is 16.5. The smallest absolute Gasteiger partial charge is 0.274 e. The maximum atomic E-state index is 5.13. The van der Waals surface area contributed by atoms with Crippen molar-refractivity contribution in [2.24, 2.45) is 0 Å². The van der Waals surface area contributed by atoms with E-state index < -0.39 is 0 Å². The Balaban J connectivity index is 2.00. The zero-order valence-corrected chi connectivity index (χ0v) is 8.29. The van der Waals surface area contributed by atoms with Crippen molar-refractivity contribution in [3.8, 4) is 23.1 Å². The molecule has 0 spiro atoms. The highest BCUT2D eigenvalue weighted by Gasteiger charge is 2.10. The number of rotatable bonds is 2. The van der Waals surface area contributed by atoms with Crippen LogP contribution in [-0.4, -0.2) is 20.1 Å². The predicted molar refractivity (Wildman–Crippen MR) is 57.3 cm³/mol. The summed E-state index contributed by atoms with van der Waals surface area (Å²) in [6.45, 7) is 0. The molecular formula is C11H8N4O. The van der Waals surface area contributed by atoms with Gasteiger partial charge in [-0.15, -0.1) is 0 Å². The molecule has 0 atom stereocenters. The van der Waals surface area contributed by atoms with E-state index in [0.717, 1.165) is 5.69 Å². The third kappa shape index (κ3) is 1.48. The first-order chi connectivity index (χ1) is 7.93. The first kappa shape index (κ1) is 8.84. The number of pyridine rings is 1. The van der Waals surface area contributed by atoms with Gasteiger partial charge in [0.25, 0.3) is 5.89 Å². The lowest BCUT2D eigenvalue weighted by Crippen LogP contribution is -1.84. The molecule has 5 nitrogen and oxygen atoms in total. The van der Waals surface area contributed by atoms with Crippen LogP contribution in [-0.2, 0) is 0 Å². The summed E-state index contributed by atoms with van der Waals surface area (Å²) in [5.74, 6) is 0.954. The van der Waals surface area contributed by atoms with Gasteiger partial charge in [0.05, 0.1) is 0 Å². The zero-order chi connectivity index (χ0) is 10.8. The molecule has 0 radical (unpaired) electrons. The van der Waals surface area contributed by atoms with Gasteiger partial charge in [-0.05, 0) is 24.3 Å². The lowest BCUT2D eigenvalue weighted by molar-refractivity contribution is 0.431. The van der Waals surface area contributed by atoms with Crippen LogP contribution in [0.5, 0.6) is 0 Å². The number of nitrogens with one attached hydrogen (secondary N) is 1. The van der Waals surface area contributed by atoms with Gasteiger partial charge in [0.1, 0.15) is 11.4 Å². The predicted octanol–water partition coefficient (Wildman–Crippen LogP) is 2.13. The average molecular weight is 212 g/mol. The van der Waals surface area contributed by atoms with Crippen molar-refractivity contribution in [1.82, 2.24) is 20.1 Å². The Hall–Kier alpha value is -2.43. The molecule has 16 heavy (non-hydrogen) atoms. The third-order valence-electron chi connectivity index (χ3n) is 2.15. The molecule has 3 heterocycles. The van der Waals surface area contributed by atoms with Crippen LogP contribution in [0.25, 0.3) is 23.1 Å². The van der Waals surface area contributed by atoms with E-state index in [1.54, 1.807) is 12.4 Å². The van der Waals surface area contributed by atoms with Crippen LogP contribution in [0.4, 0.5) is 0 Å². The van der Waals surface area contributed by atoms with E-state index in [1.807, 2.05) is 30.3 Å². The number of nitrogens with zero attached hydrogens (tertiary/aromatic N) is 3. The minimum absolute atomic E-state index is 0.464.